The van der Waals surface area contributed by atoms with Gasteiger partial charge in [0.2, 0.25) is 0 Å². The van der Waals surface area contributed by atoms with Gasteiger partial charge in [-0.05, 0) is 36.4 Å². The second-order valence-corrected chi connectivity index (χ2v) is 4.89. The minimum atomic E-state index is -4.44. The highest BCUT2D eigenvalue weighted by Crippen LogP contribution is 2.36. The number of alkyl halides is 3. The van der Waals surface area contributed by atoms with Crippen LogP contribution in [-0.2, 0) is 6.18 Å². The number of halogens is 5. The van der Waals surface area contributed by atoms with Crippen molar-refractivity contribution in [1.82, 2.24) is 0 Å². The molecule has 0 aliphatic heterocycles. The first-order valence-electron chi connectivity index (χ1n) is 5.46. The molecule has 7 heteroatoms. The fraction of sp³-hybridized carbons (Fsp3) is 0.0769. The van der Waals surface area contributed by atoms with Gasteiger partial charge in [0.1, 0.15) is 0 Å². The second kappa shape index (κ2) is 5.42. The molecule has 0 fully saturated rings. The van der Waals surface area contributed by atoms with Crippen LogP contribution in [0.3, 0.4) is 0 Å². The van der Waals surface area contributed by atoms with E-state index in [0.717, 1.165) is 12.1 Å². The highest BCUT2D eigenvalue weighted by atomic mass is 35.5. The molecule has 0 aliphatic carbocycles. The van der Waals surface area contributed by atoms with Gasteiger partial charge < -0.3 is 11.1 Å². The summed E-state index contributed by atoms with van der Waals surface area (Å²) >= 11 is 11.6. The van der Waals surface area contributed by atoms with Crippen LogP contribution in [0.4, 0.5) is 30.2 Å². The summed E-state index contributed by atoms with van der Waals surface area (Å²) in [7, 11) is 0. The molecule has 0 saturated carbocycles. The third-order valence-electron chi connectivity index (χ3n) is 2.58. The molecule has 2 aromatic carbocycles. The number of nitrogen functional groups attached to an aromatic ring is 1. The van der Waals surface area contributed by atoms with Crippen molar-refractivity contribution in [3.63, 3.8) is 0 Å². The molecule has 2 aromatic rings. The molecule has 0 radical (unpaired) electrons. The summed E-state index contributed by atoms with van der Waals surface area (Å²) in [5, 5.41) is 3.36. The van der Waals surface area contributed by atoms with E-state index in [2.05, 4.69) is 5.32 Å². The normalized spacial score (nSPS) is 11.4. The maximum absolute atomic E-state index is 12.7. The Morgan fingerprint density at radius 3 is 2.25 bits per heavy atom. The quantitative estimate of drug-likeness (QED) is 0.733. The number of nitrogens with two attached hydrogens (primary N) is 1. The van der Waals surface area contributed by atoms with Crippen LogP contribution in [0.1, 0.15) is 5.56 Å². The second-order valence-electron chi connectivity index (χ2n) is 4.05. The molecule has 2 nitrogen and oxygen atoms in total. The Morgan fingerprint density at radius 2 is 1.65 bits per heavy atom. The summed E-state index contributed by atoms with van der Waals surface area (Å²) < 4.78 is 38.0. The zero-order chi connectivity index (χ0) is 14.9. The van der Waals surface area contributed by atoms with Crippen LogP contribution in [0.5, 0.6) is 0 Å². The largest absolute Gasteiger partial charge is 0.416 e. The predicted molar refractivity (Wildman–Crippen MR) is 75.6 cm³/mol. The van der Waals surface area contributed by atoms with Gasteiger partial charge in [0.05, 0.1) is 27.6 Å². The average molecular weight is 321 g/mol. The van der Waals surface area contributed by atoms with E-state index in [4.69, 9.17) is 28.9 Å². The van der Waals surface area contributed by atoms with E-state index in [1.165, 1.54) is 12.1 Å². The lowest BCUT2D eigenvalue weighted by Gasteiger charge is -2.14. The zero-order valence-electron chi connectivity index (χ0n) is 9.93. The monoisotopic (exact) mass is 320 g/mol. The fourth-order valence-corrected chi connectivity index (χ4v) is 1.94. The van der Waals surface area contributed by atoms with Crippen LogP contribution in [0.15, 0.2) is 36.4 Å². The van der Waals surface area contributed by atoms with Gasteiger partial charge in [0.15, 0.2) is 0 Å². The van der Waals surface area contributed by atoms with Crippen LogP contribution in [0, 0.1) is 0 Å². The van der Waals surface area contributed by atoms with Crippen molar-refractivity contribution >= 4 is 40.3 Å². The van der Waals surface area contributed by atoms with Gasteiger partial charge in [-0.1, -0.05) is 23.2 Å². The summed E-state index contributed by atoms with van der Waals surface area (Å²) in [4.78, 5) is 0. The summed E-state index contributed by atoms with van der Waals surface area (Å²) in [6.07, 6.45) is -4.44. The topological polar surface area (TPSA) is 38.0 Å². The molecule has 20 heavy (non-hydrogen) atoms. The molecular formula is C13H9Cl2F3N2. The van der Waals surface area contributed by atoms with Gasteiger partial charge in [-0.3, -0.25) is 0 Å². The smallest absolute Gasteiger partial charge is 0.397 e. The molecule has 0 aliphatic rings. The van der Waals surface area contributed by atoms with E-state index >= 15 is 0 Å². The van der Waals surface area contributed by atoms with Crippen LogP contribution in [0.25, 0.3) is 0 Å². The zero-order valence-corrected chi connectivity index (χ0v) is 11.4. The highest BCUT2D eigenvalue weighted by Gasteiger charge is 2.31. The lowest BCUT2D eigenvalue weighted by atomic mass is 10.2. The van der Waals surface area contributed by atoms with Gasteiger partial charge in [-0.15, -0.1) is 0 Å². The minimum Gasteiger partial charge on any atom is -0.397 e. The maximum atomic E-state index is 12.7. The lowest BCUT2D eigenvalue weighted by Crippen LogP contribution is -2.06. The van der Waals surface area contributed by atoms with E-state index in [0.29, 0.717) is 16.4 Å². The average Bonchev–Trinajstić information content (AvgIpc) is 2.33. The Labute approximate surface area is 123 Å². The van der Waals surface area contributed by atoms with Crippen molar-refractivity contribution in [3.8, 4) is 0 Å². The third-order valence-corrected chi connectivity index (χ3v) is 3.14. The van der Waals surface area contributed by atoms with Crippen molar-refractivity contribution in [2.45, 2.75) is 6.18 Å². The van der Waals surface area contributed by atoms with Crippen molar-refractivity contribution in [2.24, 2.45) is 0 Å². The van der Waals surface area contributed by atoms with Gasteiger partial charge in [0, 0.05) is 5.02 Å². The number of hydrogen-bond donors (Lipinski definition) is 2. The maximum Gasteiger partial charge on any atom is 0.416 e. The Balaban J connectivity index is 2.38. The fourth-order valence-electron chi connectivity index (χ4n) is 1.59. The summed E-state index contributed by atoms with van der Waals surface area (Å²) in [5.41, 5.74) is 5.79. The number of benzene rings is 2. The Morgan fingerprint density at radius 1 is 0.950 bits per heavy atom. The summed E-state index contributed by atoms with van der Waals surface area (Å²) in [5.74, 6) is 0. The third kappa shape index (κ3) is 3.29. The van der Waals surface area contributed by atoms with E-state index in [1.807, 2.05) is 0 Å². The van der Waals surface area contributed by atoms with Crippen molar-refractivity contribution in [2.75, 3.05) is 11.1 Å². The SMILES string of the molecule is Nc1cc(Cl)ccc1Nc1cc(C(F)(F)F)ccc1Cl. The van der Waals surface area contributed by atoms with E-state index in [9.17, 15) is 13.2 Å². The molecule has 3 N–H and O–H groups in total. The molecule has 0 aromatic heterocycles. The minimum absolute atomic E-state index is 0.121. The molecule has 0 heterocycles. The van der Waals surface area contributed by atoms with Gasteiger partial charge in [0.25, 0.3) is 0 Å². The van der Waals surface area contributed by atoms with Crippen molar-refractivity contribution in [3.05, 3.63) is 52.0 Å². The summed E-state index contributed by atoms with van der Waals surface area (Å²) in [6, 6.07) is 7.65. The molecular weight excluding hydrogens is 312 g/mol. The van der Waals surface area contributed by atoms with Crippen LogP contribution >= 0.6 is 23.2 Å². The number of nitrogens with one attached hydrogen (secondary N) is 1. The lowest BCUT2D eigenvalue weighted by molar-refractivity contribution is -0.137. The standard InChI is InChI=1S/C13H9Cl2F3N2/c14-8-2-4-11(10(19)6-8)20-12-5-7(13(16,17)18)1-3-9(12)15/h1-6,20H,19H2. The van der Waals surface area contributed by atoms with Gasteiger partial charge in [-0.2, -0.15) is 13.2 Å². The first-order chi connectivity index (χ1) is 9.27. The molecule has 0 spiro atoms. The van der Waals surface area contributed by atoms with Crippen molar-refractivity contribution < 1.29 is 13.2 Å². The molecule has 2 rings (SSSR count). The number of anilines is 3. The first kappa shape index (κ1) is 14.8. The van der Waals surface area contributed by atoms with E-state index in [-0.39, 0.29) is 10.7 Å². The van der Waals surface area contributed by atoms with Crippen LogP contribution in [0.2, 0.25) is 10.0 Å². The Kier molecular flexibility index (Phi) is 4.01. The van der Waals surface area contributed by atoms with Gasteiger partial charge in [-0.25, -0.2) is 0 Å². The first-order valence-corrected chi connectivity index (χ1v) is 6.22. The highest BCUT2D eigenvalue weighted by molar-refractivity contribution is 6.33. The summed E-state index contributed by atoms with van der Waals surface area (Å²) in [6.45, 7) is 0. The Bertz CT molecular complexity index is 642. The Hall–Kier alpha value is -1.59. The molecule has 0 saturated heterocycles. The predicted octanol–water partition coefficient (Wildman–Crippen LogP) is 5.34. The van der Waals surface area contributed by atoms with Crippen molar-refractivity contribution in [1.29, 1.82) is 0 Å². The molecule has 0 atom stereocenters. The van der Waals surface area contributed by atoms with Gasteiger partial charge >= 0.3 is 6.18 Å². The van der Waals surface area contributed by atoms with Crippen LogP contribution < -0.4 is 11.1 Å². The van der Waals surface area contributed by atoms with Crippen LogP contribution in [-0.4, -0.2) is 0 Å². The molecule has 106 valence electrons. The molecule has 0 unspecified atom stereocenters. The van der Waals surface area contributed by atoms with E-state index < -0.39 is 11.7 Å². The molecule has 0 bridgehead atoms. The molecule has 0 amide bonds. The van der Waals surface area contributed by atoms with E-state index in [1.54, 1.807) is 12.1 Å². The number of rotatable bonds is 2. The number of hydrogen-bond acceptors (Lipinski definition) is 2.